The summed E-state index contributed by atoms with van der Waals surface area (Å²) in [6, 6.07) is 69.5. The summed E-state index contributed by atoms with van der Waals surface area (Å²) in [4.78, 5) is 4.98. The Morgan fingerprint density at radius 2 is 0.750 bits per heavy atom. The highest BCUT2D eigenvalue weighted by atomic mass is 15.2. The molecule has 0 radical (unpaired) electrons. The van der Waals surface area contributed by atoms with Gasteiger partial charge in [0.1, 0.15) is 0 Å². The largest absolute Gasteiger partial charge is 0.310 e. The average molecular weight is 662 g/mol. The molecule has 0 aliphatic carbocycles. The van der Waals surface area contributed by atoms with Crippen molar-refractivity contribution in [2.24, 2.45) is 0 Å². The SMILES string of the molecule is c1ccc(N2c3ccccc3C3(c4ccccc42)c2ccccc2N(c2cccc4c2c2cccc5c6ccccc6n4c52)c2ccccc23)cc1. The zero-order valence-electron chi connectivity index (χ0n) is 28.2. The maximum absolute atomic E-state index is 2.54. The minimum absolute atomic E-state index is 0.554. The van der Waals surface area contributed by atoms with Crippen LogP contribution in [0.1, 0.15) is 22.3 Å². The molecular formula is C49H31N3. The van der Waals surface area contributed by atoms with E-state index in [1.807, 2.05) is 0 Å². The van der Waals surface area contributed by atoms with Gasteiger partial charge in [-0.2, -0.15) is 0 Å². The van der Waals surface area contributed by atoms with Crippen LogP contribution in [-0.4, -0.2) is 4.40 Å². The van der Waals surface area contributed by atoms with Gasteiger partial charge in [0.2, 0.25) is 0 Å². The van der Waals surface area contributed by atoms with E-state index in [0.717, 1.165) is 5.69 Å². The molecule has 0 bridgehead atoms. The Hall–Kier alpha value is -6.84. The molecule has 8 aromatic carbocycles. The summed E-state index contributed by atoms with van der Waals surface area (Å²) in [6.45, 7) is 0. The molecule has 2 aromatic heterocycles. The van der Waals surface area contributed by atoms with Crippen molar-refractivity contribution in [3.8, 4) is 0 Å². The number of anilines is 6. The van der Waals surface area contributed by atoms with Crippen molar-refractivity contribution in [3.05, 3.63) is 210 Å². The Labute approximate surface area is 301 Å². The molecule has 0 fully saturated rings. The van der Waals surface area contributed by atoms with Gasteiger partial charge in [-0.25, -0.2) is 0 Å². The molecule has 0 atom stereocenters. The first kappa shape index (κ1) is 27.9. The van der Waals surface area contributed by atoms with Gasteiger partial charge in [-0.1, -0.05) is 133 Å². The smallest absolute Gasteiger partial charge is 0.0782 e. The van der Waals surface area contributed by atoms with E-state index in [9.17, 15) is 0 Å². The number of aromatic nitrogens is 1. The van der Waals surface area contributed by atoms with E-state index in [1.165, 1.54) is 88.8 Å². The molecule has 12 rings (SSSR count). The topological polar surface area (TPSA) is 10.9 Å². The minimum Gasteiger partial charge on any atom is -0.310 e. The minimum atomic E-state index is -0.554. The average Bonchev–Trinajstić information content (AvgIpc) is 3.74. The highest BCUT2D eigenvalue weighted by molar-refractivity contribution is 6.26. The number of fused-ring (bicyclic) bond motifs is 14. The molecule has 52 heavy (non-hydrogen) atoms. The number of para-hydroxylation sites is 7. The molecule has 242 valence electrons. The lowest BCUT2D eigenvalue weighted by Gasteiger charge is -2.51. The van der Waals surface area contributed by atoms with Gasteiger partial charge in [0.25, 0.3) is 0 Å². The van der Waals surface area contributed by atoms with Gasteiger partial charge in [-0.3, -0.25) is 0 Å². The van der Waals surface area contributed by atoms with Gasteiger partial charge < -0.3 is 14.2 Å². The van der Waals surface area contributed by atoms with E-state index < -0.39 is 5.41 Å². The summed E-state index contributed by atoms with van der Waals surface area (Å²) in [6.07, 6.45) is 0. The van der Waals surface area contributed by atoms with E-state index in [1.54, 1.807) is 0 Å². The van der Waals surface area contributed by atoms with Crippen LogP contribution in [0.15, 0.2) is 188 Å². The molecule has 0 unspecified atom stereocenters. The lowest BCUT2D eigenvalue weighted by Crippen LogP contribution is -2.41. The van der Waals surface area contributed by atoms with Crippen LogP contribution in [0.4, 0.5) is 34.1 Å². The van der Waals surface area contributed by atoms with Crippen molar-refractivity contribution >= 4 is 72.2 Å². The van der Waals surface area contributed by atoms with Crippen molar-refractivity contribution in [2.75, 3.05) is 9.80 Å². The second kappa shape index (κ2) is 10.1. The maximum atomic E-state index is 2.54. The fourth-order valence-corrected chi connectivity index (χ4v) is 9.84. The van der Waals surface area contributed by atoms with Crippen LogP contribution >= 0.6 is 0 Å². The van der Waals surface area contributed by atoms with E-state index in [2.05, 4.69) is 202 Å². The maximum Gasteiger partial charge on any atom is 0.0782 e. The Balaban J connectivity index is 1.20. The van der Waals surface area contributed by atoms with Crippen LogP contribution in [0, 0.1) is 0 Å². The van der Waals surface area contributed by atoms with E-state index in [4.69, 9.17) is 0 Å². The zero-order chi connectivity index (χ0) is 34.0. The second-order valence-corrected chi connectivity index (χ2v) is 14.1. The third-order valence-electron chi connectivity index (χ3n) is 11.7. The van der Waals surface area contributed by atoms with Crippen LogP contribution in [0.5, 0.6) is 0 Å². The molecule has 0 amide bonds. The summed E-state index contributed by atoms with van der Waals surface area (Å²) in [5.74, 6) is 0. The number of rotatable bonds is 2. The van der Waals surface area contributed by atoms with Gasteiger partial charge in [0, 0.05) is 27.2 Å². The summed E-state index contributed by atoms with van der Waals surface area (Å²) < 4.78 is 2.48. The first-order chi connectivity index (χ1) is 25.9. The van der Waals surface area contributed by atoms with E-state index in [0.29, 0.717) is 0 Å². The molecule has 2 aliphatic rings. The molecule has 0 N–H and O–H groups in total. The van der Waals surface area contributed by atoms with Gasteiger partial charge in [0.05, 0.1) is 50.4 Å². The molecule has 2 aliphatic heterocycles. The molecule has 3 heteroatoms. The molecule has 4 heterocycles. The van der Waals surface area contributed by atoms with Gasteiger partial charge in [0.15, 0.2) is 0 Å². The first-order valence-corrected chi connectivity index (χ1v) is 18.0. The lowest BCUT2D eigenvalue weighted by molar-refractivity contribution is 0.719. The van der Waals surface area contributed by atoms with Crippen LogP contribution in [-0.2, 0) is 5.41 Å². The van der Waals surface area contributed by atoms with Gasteiger partial charge in [-0.05, 0) is 76.9 Å². The third kappa shape index (κ3) is 3.31. The quantitative estimate of drug-likeness (QED) is 0.183. The van der Waals surface area contributed by atoms with E-state index >= 15 is 0 Å². The van der Waals surface area contributed by atoms with Crippen molar-refractivity contribution in [3.63, 3.8) is 0 Å². The third-order valence-corrected chi connectivity index (χ3v) is 11.7. The number of benzene rings is 8. The monoisotopic (exact) mass is 661 g/mol. The Morgan fingerprint density at radius 1 is 0.308 bits per heavy atom. The lowest BCUT2D eigenvalue weighted by atomic mass is 9.60. The predicted molar refractivity (Wildman–Crippen MR) is 216 cm³/mol. The Kier molecular flexibility index (Phi) is 5.43. The van der Waals surface area contributed by atoms with E-state index in [-0.39, 0.29) is 0 Å². The van der Waals surface area contributed by atoms with Crippen LogP contribution in [0.25, 0.3) is 38.1 Å². The highest BCUT2D eigenvalue weighted by Crippen LogP contribution is 2.64. The van der Waals surface area contributed by atoms with Crippen molar-refractivity contribution in [1.29, 1.82) is 0 Å². The van der Waals surface area contributed by atoms with Gasteiger partial charge in [-0.15, -0.1) is 0 Å². The first-order valence-electron chi connectivity index (χ1n) is 18.0. The molecule has 1 spiro atoms. The summed E-state index contributed by atoms with van der Waals surface area (Å²) in [5.41, 5.74) is 15.5. The summed E-state index contributed by atoms with van der Waals surface area (Å²) in [7, 11) is 0. The predicted octanol–water partition coefficient (Wildman–Crippen LogP) is 12.8. The number of hydrogen-bond donors (Lipinski definition) is 0. The van der Waals surface area contributed by atoms with Crippen molar-refractivity contribution in [1.82, 2.24) is 4.40 Å². The van der Waals surface area contributed by atoms with Crippen molar-refractivity contribution < 1.29 is 0 Å². The zero-order valence-corrected chi connectivity index (χ0v) is 28.2. The van der Waals surface area contributed by atoms with Crippen LogP contribution < -0.4 is 9.80 Å². The molecular weight excluding hydrogens is 631 g/mol. The summed E-state index contributed by atoms with van der Waals surface area (Å²) in [5, 5.41) is 5.15. The molecule has 3 nitrogen and oxygen atoms in total. The summed E-state index contributed by atoms with van der Waals surface area (Å²) >= 11 is 0. The molecule has 10 aromatic rings. The fraction of sp³-hybridized carbons (Fsp3) is 0.0204. The van der Waals surface area contributed by atoms with Gasteiger partial charge >= 0.3 is 0 Å². The number of hydrogen-bond acceptors (Lipinski definition) is 2. The standard InChI is InChI=1S/C49H31N3/c1-2-16-32(17-3-1)50-41-26-10-5-21-36(41)49(37-22-6-11-27-42(37)50)38-23-7-12-28-43(38)51(44-29-13-8-24-39(44)49)45-30-15-31-46-47(45)35-20-14-19-34-33-18-4-9-25-40(33)52(46)48(34)35/h1-31H. The second-order valence-electron chi connectivity index (χ2n) is 14.1. The Bertz CT molecular complexity index is 2950. The van der Waals surface area contributed by atoms with Crippen LogP contribution in [0.2, 0.25) is 0 Å². The van der Waals surface area contributed by atoms with Crippen molar-refractivity contribution in [2.45, 2.75) is 5.41 Å². The molecule has 0 saturated carbocycles. The van der Waals surface area contributed by atoms with Crippen LogP contribution in [0.3, 0.4) is 0 Å². The Morgan fingerprint density at radius 3 is 1.38 bits per heavy atom. The molecule has 0 saturated heterocycles. The normalized spacial score (nSPS) is 14.2. The fourth-order valence-electron chi connectivity index (χ4n) is 9.84. The number of nitrogens with zero attached hydrogens (tertiary/aromatic N) is 3. The highest BCUT2D eigenvalue weighted by Gasteiger charge is 2.51.